The number of nitrogens with zero attached hydrogens (tertiary/aromatic N) is 1. The summed E-state index contributed by atoms with van der Waals surface area (Å²) in [4.78, 5) is 2.37. The summed E-state index contributed by atoms with van der Waals surface area (Å²) in [6, 6.07) is 104. The SMILES string of the molecule is c1ccc(C2(c3ccccc3)c3ccccc3-c3c(-c4ccc(N(c5ccc(-c6cccc(-c7cccc(-c8ccc9ccccc9c8)c7)c6)cc5)c5ccc6oc7ccccc7c6c5)cc4)cccc32)cc1. The van der Waals surface area contributed by atoms with Gasteiger partial charge in [0.15, 0.2) is 0 Å². The zero-order valence-electron chi connectivity index (χ0n) is 40.0. The lowest BCUT2D eigenvalue weighted by Gasteiger charge is -2.34. The van der Waals surface area contributed by atoms with Crippen molar-refractivity contribution in [2.24, 2.45) is 0 Å². The Balaban J connectivity index is 0.848. The molecule has 0 saturated heterocycles. The van der Waals surface area contributed by atoms with E-state index in [0.29, 0.717) is 0 Å². The maximum absolute atomic E-state index is 6.33. The van der Waals surface area contributed by atoms with E-state index in [-0.39, 0.29) is 0 Å². The molecule has 73 heavy (non-hydrogen) atoms. The van der Waals surface area contributed by atoms with Crippen LogP contribution >= 0.6 is 0 Å². The molecule has 2 nitrogen and oxygen atoms in total. The first-order valence-electron chi connectivity index (χ1n) is 25.1. The zero-order chi connectivity index (χ0) is 48.3. The van der Waals surface area contributed by atoms with Crippen molar-refractivity contribution >= 4 is 49.8 Å². The Morgan fingerprint density at radius 1 is 0.274 bits per heavy atom. The van der Waals surface area contributed by atoms with Crippen molar-refractivity contribution < 1.29 is 4.42 Å². The van der Waals surface area contributed by atoms with Crippen LogP contribution < -0.4 is 4.90 Å². The molecule has 0 N–H and O–H groups in total. The van der Waals surface area contributed by atoms with Crippen molar-refractivity contribution in [2.45, 2.75) is 5.41 Å². The van der Waals surface area contributed by atoms with Crippen LogP contribution in [0.3, 0.4) is 0 Å². The third-order valence-electron chi connectivity index (χ3n) is 15.1. The Morgan fingerprint density at radius 3 is 1.47 bits per heavy atom. The van der Waals surface area contributed by atoms with Gasteiger partial charge in [-0.05, 0) is 155 Å². The Kier molecular flexibility index (Phi) is 10.1. The van der Waals surface area contributed by atoms with E-state index >= 15 is 0 Å². The van der Waals surface area contributed by atoms with Gasteiger partial charge in [-0.1, -0.05) is 218 Å². The van der Waals surface area contributed by atoms with Gasteiger partial charge >= 0.3 is 0 Å². The van der Waals surface area contributed by atoms with Crippen LogP contribution in [0.4, 0.5) is 17.1 Å². The van der Waals surface area contributed by atoms with Crippen LogP contribution in [0.5, 0.6) is 0 Å². The molecular formula is C71H47NO. The van der Waals surface area contributed by atoms with Crippen LogP contribution in [0.25, 0.3) is 88.3 Å². The summed E-state index contributed by atoms with van der Waals surface area (Å²) >= 11 is 0. The van der Waals surface area contributed by atoms with Crippen molar-refractivity contribution in [3.05, 3.63) is 307 Å². The number of hydrogen-bond acceptors (Lipinski definition) is 2. The maximum Gasteiger partial charge on any atom is 0.135 e. The molecule has 342 valence electrons. The molecule has 2 heteroatoms. The molecule has 0 amide bonds. The average molecular weight is 930 g/mol. The smallest absolute Gasteiger partial charge is 0.135 e. The first-order valence-corrected chi connectivity index (χ1v) is 25.1. The first kappa shape index (κ1) is 42.4. The van der Waals surface area contributed by atoms with E-state index in [2.05, 4.69) is 278 Å². The standard InChI is InChI=1S/C71H47NO/c1-3-22-57(23-4-1)71(58-24-5-2-6-25-58)66-29-11-9-27-64(66)70-62(28-15-30-67(70)71)50-36-40-60(41-37-50)72(61-42-43-69-65(47-61)63-26-10-12-31-68(63)73-69)59-38-34-49(35-39-59)52-18-13-19-53(44-52)54-20-14-21-55(46-54)56-33-32-48-16-7-8-17-51(48)45-56/h1-47H. The van der Waals surface area contributed by atoms with Crippen molar-refractivity contribution in [3.8, 4) is 55.6 Å². The predicted octanol–water partition coefficient (Wildman–Crippen LogP) is 19.2. The van der Waals surface area contributed by atoms with Gasteiger partial charge in [0.25, 0.3) is 0 Å². The minimum absolute atomic E-state index is 0.464. The molecule has 0 radical (unpaired) electrons. The van der Waals surface area contributed by atoms with Crippen molar-refractivity contribution in [2.75, 3.05) is 4.90 Å². The van der Waals surface area contributed by atoms with Gasteiger partial charge in [0.1, 0.15) is 11.2 Å². The fourth-order valence-electron chi connectivity index (χ4n) is 11.8. The fraction of sp³-hybridized carbons (Fsp3) is 0.0141. The third kappa shape index (κ3) is 7.10. The molecule has 0 aliphatic heterocycles. The molecule has 0 spiro atoms. The number of rotatable bonds is 9. The quantitative estimate of drug-likeness (QED) is 0.143. The van der Waals surface area contributed by atoms with E-state index in [1.807, 2.05) is 12.1 Å². The highest BCUT2D eigenvalue weighted by Gasteiger charge is 2.46. The van der Waals surface area contributed by atoms with E-state index in [4.69, 9.17) is 4.42 Å². The molecule has 0 unspecified atom stereocenters. The average Bonchev–Trinajstić information content (AvgIpc) is 4.03. The molecule has 12 aromatic carbocycles. The molecule has 1 aliphatic rings. The van der Waals surface area contributed by atoms with Crippen molar-refractivity contribution in [3.63, 3.8) is 0 Å². The van der Waals surface area contributed by atoms with E-state index in [9.17, 15) is 0 Å². The third-order valence-corrected chi connectivity index (χ3v) is 15.1. The molecule has 1 aliphatic carbocycles. The molecule has 1 aromatic heterocycles. The van der Waals surface area contributed by atoms with Gasteiger partial charge in [-0.2, -0.15) is 0 Å². The van der Waals surface area contributed by atoms with Gasteiger partial charge in [0.05, 0.1) is 5.41 Å². The number of benzene rings is 12. The van der Waals surface area contributed by atoms with E-state index in [0.717, 1.165) is 44.6 Å². The summed E-state index contributed by atoms with van der Waals surface area (Å²) in [5, 5.41) is 4.69. The summed E-state index contributed by atoms with van der Waals surface area (Å²) in [5.74, 6) is 0. The van der Waals surface area contributed by atoms with Crippen LogP contribution in [-0.4, -0.2) is 0 Å². The lowest BCUT2D eigenvalue weighted by Crippen LogP contribution is -2.28. The monoisotopic (exact) mass is 929 g/mol. The van der Waals surface area contributed by atoms with E-state index in [1.165, 1.54) is 83.1 Å². The molecule has 0 saturated carbocycles. The Hall–Kier alpha value is -9.50. The van der Waals surface area contributed by atoms with Crippen LogP contribution in [0.2, 0.25) is 0 Å². The Labute approximate surface area is 425 Å². The molecule has 0 atom stereocenters. The topological polar surface area (TPSA) is 16.4 Å². The molecule has 0 bridgehead atoms. The second-order valence-corrected chi connectivity index (χ2v) is 19.2. The van der Waals surface area contributed by atoms with Gasteiger partial charge in [-0.15, -0.1) is 0 Å². The lowest BCUT2D eigenvalue weighted by molar-refractivity contribution is 0.669. The molecule has 1 heterocycles. The number of anilines is 3. The Morgan fingerprint density at radius 2 is 0.767 bits per heavy atom. The van der Waals surface area contributed by atoms with Crippen molar-refractivity contribution in [1.82, 2.24) is 0 Å². The number of fused-ring (bicyclic) bond motifs is 7. The van der Waals surface area contributed by atoms with Gasteiger partial charge < -0.3 is 9.32 Å². The molecule has 13 aromatic rings. The van der Waals surface area contributed by atoms with Gasteiger partial charge in [-0.3, -0.25) is 0 Å². The summed E-state index contributed by atoms with van der Waals surface area (Å²) in [7, 11) is 0. The summed E-state index contributed by atoms with van der Waals surface area (Å²) < 4.78 is 6.33. The highest BCUT2D eigenvalue weighted by molar-refractivity contribution is 6.06. The highest BCUT2D eigenvalue weighted by atomic mass is 16.3. The lowest BCUT2D eigenvalue weighted by atomic mass is 9.67. The number of para-hydroxylation sites is 1. The zero-order valence-corrected chi connectivity index (χ0v) is 40.0. The minimum Gasteiger partial charge on any atom is -0.456 e. The molecular weight excluding hydrogens is 883 g/mol. The van der Waals surface area contributed by atoms with Crippen molar-refractivity contribution in [1.29, 1.82) is 0 Å². The van der Waals surface area contributed by atoms with Crippen LogP contribution in [0.1, 0.15) is 22.3 Å². The molecule has 0 fully saturated rings. The second-order valence-electron chi connectivity index (χ2n) is 19.2. The highest BCUT2D eigenvalue weighted by Crippen LogP contribution is 2.58. The predicted molar refractivity (Wildman–Crippen MR) is 305 cm³/mol. The van der Waals surface area contributed by atoms with E-state index in [1.54, 1.807) is 0 Å². The summed E-state index contributed by atoms with van der Waals surface area (Å²) in [5.41, 5.74) is 21.7. The van der Waals surface area contributed by atoms with Crippen LogP contribution in [-0.2, 0) is 5.41 Å². The second kappa shape index (κ2) is 17.4. The van der Waals surface area contributed by atoms with Gasteiger partial charge in [0, 0.05) is 27.8 Å². The number of furan rings is 1. The van der Waals surface area contributed by atoms with E-state index < -0.39 is 5.41 Å². The normalized spacial score (nSPS) is 12.5. The fourth-order valence-corrected chi connectivity index (χ4v) is 11.8. The van der Waals surface area contributed by atoms with Crippen LogP contribution in [0.15, 0.2) is 290 Å². The summed E-state index contributed by atoms with van der Waals surface area (Å²) in [6.07, 6.45) is 0. The van der Waals surface area contributed by atoms with Crippen LogP contribution in [0, 0.1) is 0 Å². The minimum atomic E-state index is -0.464. The van der Waals surface area contributed by atoms with Gasteiger partial charge in [-0.25, -0.2) is 0 Å². The molecule has 14 rings (SSSR count). The largest absolute Gasteiger partial charge is 0.456 e. The Bertz CT molecular complexity index is 4150. The number of hydrogen-bond donors (Lipinski definition) is 0. The van der Waals surface area contributed by atoms with Gasteiger partial charge in [0.2, 0.25) is 0 Å². The maximum atomic E-state index is 6.33. The summed E-state index contributed by atoms with van der Waals surface area (Å²) in [6.45, 7) is 0. The first-order chi connectivity index (χ1) is 36.2.